The molecule has 27 heavy (non-hydrogen) atoms. The summed E-state index contributed by atoms with van der Waals surface area (Å²) in [5, 5.41) is 16.9. The van der Waals surface area contributed by atoms with E-state index in [2.05, 4.69) is 10.1 Å². The molecule has 0 radical (unpaired) electrons. The van der Waals surface area contributed by atoms with Crippen LogP contribution in [0.4, 0.5) is 15.8 Å². The molecule has 140 valence electrons. The van der Waals surface area contributed by atoms with Crippen LogP contribution in [-0.2, 0) is 6.54 Å². The highest BCUT2D eigenvalue weighted by atomic mass is 32.1. The van der Waals surface area contributed by atoms with Gasteiger partial charge in [0.2, 0.25) is 0 Å². The molecule has 0 bridgehead atoms. The van der Waals surface area contributed by atoms with E-state index in [0.29, 0.717) is 25.3 Å². The normalized spacial score (nSPS) is 15.2. The average molecular weight is 388 g/mol. The summed E-state index contributed by atoms with van der Waals surface area (Å²) in [5.74, 6) is 0.238. The molecule has 1 aliphatic heterocycles. The zero-order valence-electron chi connectivity index (χ0n) is 14.4. The van der Waals surface area contributed by atoms with E-state index in [1.54, 1.807) is 11.3 Å². The van der Waals surface area contributed by atoms with Gasteiger partial charge in [-0.1, -0.05) is 11.2 Å². The number of piperazine rings is 1. The molecule has 0 unspecified atom stereocenters. The largest absolute Gasteiger partial charge is 0.367 e. The van der Waals surface area contributed by atoms with Crippen LogP contribution in [0, 0.1) is 15.9 Å². The minimum Gasteiger partial charge on any atom is -0.367 e. The van der Waals surface area contributed by atoms with Crippen molar-refractivity contribution in [1.29, 1.82) is 0 Å². The van der Waals surface area contributed by atoms with Crippen LogP contribution in [0.5, 0.6) is 0 Å². The van der Waals surface area contributed by atoms with Crippen molar-refractivity contribution in [2.75, 3.05) is 31.1 Å². The first-order valence-corrected chi connectivity index (χ1v) is 9.39. The van der Waals surface area contributed by atoms with Crippen molar-refractivity contribution in [3.05, 3.63) is 63.5 Å². The van der Waals surface area contributed by atoms with Crippen molar-refractivity contribution < 1.29 is 13.8 Å². The van der Waals surface area contributed by atoms with Crippen LogP contribution < -0.4 is 4.90 Å². The molecule has 1 aliphatic rings. The zero-order valence-corrected chi connectivity index (χ0v) is 15.2. The van der Waals surface area contributed by atoms with E-state index in [1.165, 1.54) is 12.1 Å². The number of benzene rings is 1. The molecule has 3 aromatic rings. The van der Waals surface area contributed by atoms with E-state index in [9.17, 15) is 14.5 Å². The number of aromatic nitrogens is 1. The SMILES string of the molecule is O=[N+]([O-])c1ccc(N2CCN(Cc3cc(-c4cccs4)no3)CC2)c(F)c1. The van der Waals surface area contributed by atoms with E-state index in [-0.39, 0.29) is 5.69 Å². The molecule has 0 atom stereocenters. The molecule has 0 N–H and O–H groups in total. The van der Waals surface area contributed by atoms with Gasteiger partial charge in [-0.05, 0) is 17.5 Å². The highest BCUT2D eigenvalue weighted by molar-refractivity contribution is 7.13. The second-order valence-corrected chi connectivity index (χ2v) is 7.26. The van der Waals surface area contributed by atoms with Gasteiger partial charge in [0.25, 0.3) is 5.69 Å². The number of nitro groups is 1. The number of thiophene rings is 1. The summed E-state index contributed by atoms with van der Waals surface area (Å²) in [6.07, 6.45) is 0. The number of non-ortho nitro benzene ring substituents is 1. The monoisotopic (exact) mass is 388 g/mol. The first-order chi connectivity index (χ1) is 13.1. The summed E-state index contributed by atoms with van der Waals surface area (Å²) in [7, 11) is 0. The molecule has 0 saturated carbocycles. The van der Waals surface area contributed by atoms with Gasteiger partial charge in [-0.25, -0.2) is 4.39 Å². The average Bonchev–Trinajstić information content (AvgIpc) is 3.34. The van der Waals surface area contributed by atoms with E-state index in [0.717, 1.165) is 35.5 Å². The van der Waals surface area contributed by atoms with Gasteiger partial charge in [0.15, 0.2) is 11.6 Å². The molecule has 0 aliphatic carbocycles. The Morgan fingerprint density at radius 1 is 1.22 bits per heavy atom. The Bertz CT molecular complexity index is 936. The quantitative estimate of drug-likeness (QED) is 0.489. The topological polar surface area (TPSA) is 75.7 Å². The number of nitrogens with zero attached hydrogens (tertiary/aromatic N) is 4. The minimum atomic E-state index is -0.591. The summed E-state index contributed by atoms with van der Waals surface area (Å²) in [4.78, 5) is 15.4. The van der Waals surface area contributed by atoms with Gasteiger partial charge in [-0.15, -0.1) is 11.3 Å². The van der Waals surface area contributed by atoms with E-state index < -0.39 is 10.7 Å². The van der Waals surface area contributed by atoms with Gasteiger partial charge in [-0.2, -0.15) is 0 Å². The number of nitro benzene ring substituents is 1. The maximum Gasteiger partial charge on any atom is 0.272 e. The summed E-state index contributed by atoms with van der Waals surface area (Å²) in [6, 6.07) is 9.73. The lowest BCUT2D eigenvalue weighted by Crippen LogP contribution is -2.46. The fourth-order valence-corrected chi connectivity index (χ4v) is 3.84. The fraction of sp³-hybridized carbons (Fsp3) is 0.278. The second kappa shape index (κ2) is 7.45. The van der Waals surface area contributed by atoms with Crippen molar-refractivity contribution in [1.82, 2.24) is 10.1 Å². The molecule has 1 saturated heterocycles. The second-order valence-electron chi connectivity index (χ2n) is 6.31. The molecular formula is C18H17FN4O3S. The summed E-state index contributed by atoms with van der Waals surface area (Å²) in [5.41, 5.74) is 1.01. The van der Waals surface area contributed by atoms with E-state index in [4.69, 9.17) is 4.52 Å². The third kappa shape index (κ3) is 3.83. The van der Waals surface area contributed by atoms with Crippen LogP contribution in [0.15, 0.2) is 46.3 Å². The number of halogens is 1. The van der Waals surface area contributed by atoms with Crippen molar-refractivity contribution in [3.63, 3.8) is 0 Å². The van der Waals surface area contributed by atoms with Crippen LogP contribution in [0.25, 0.3) is 10.6 Å². The molecular weight excluding hydrogens is 371 g/mol. The van der Waals surface area contributed by atoms with Gasteiger partial charge < -0.3 is 9.42 Å². The molecule has 2 aromatic heterocycles. The number of anilines is 1. The van der Waals surface area contributed by atoms with Crippen LogP contribution in [0.1, 0.15) is 5.76 Å². The smallest absolute Gasteiger partial charge is 0.272 e. The lowest BCUT2D eigenvalue weighted by molar-refractivity contribution is -0.385. The Labute approximate surface area is 158 Å². The predicted octanol–water partition coefficient (Wildman–Crippen LogP) is 3.77. The first-order valence-electron chi connectivity index (χ1n) is 8.51. The Morgan fingerprint density at radius 3 is 2.70 bits per heavy atom. The van der Waals surface area contributed by atoms with Gasteiger partial charge in [0, 0.05) is 38.3 Å². The van der Waals surface area contributed by atoms with Crippen LogP contribution in [0.2, 0.25) is 0 Å². The van der Waals surface area contributed by atoms with Crippen molar-refractivity contribution in [3.8, 4) is 10.6 Å². The Balaban J connectivity index is 1.36. The summed E-state index contributed by atoms with van der Waals surface area (Å²) < 4.78 is 19.6. The zero-order chi connectivity index (χ0) is 18.8. The highest BCUT2D eigenvalue weighted by Gasteiger charge is 2.22. The number of hydrogen-bond donors (Lipinski definition) is 0. The van der Waals surface area contributed by atoms with Gasteiger partial charge >= 0.3 is 0 Å². The molecule has 1 aromatic carbocycles. The molecule has 7 nitrogen and oxygen atoms in total. The Morgan fingerprint density at radius 2 is 2.04 bits per heavy atom. The summed E-state index contributed by atoms with van der Waals surface area (Å²) >= 11 is 1.62. The fourth-order valence-electron chi connectivity index (χ4n) is 3.16. The third-order valence-corrected chi connectivity index (χ3v) is 5.46. The molecule has 0 amide bonds. The minimum absolute atomic E-state index is 0.234. The van der Waals surface area contributed by atoms with Crippen LogP contribution in [0.3, 0.4) is 0 Å². The maximum absolute atomic E-state index is 14.2. The predicted molar refractivity (Wildman–Crippen MR) is 100 cm³/mol. The van der Waals surface area contributed by atoms with Crippen molar-refractivity contribution in [2.24, 2.45) is 0 Å². The molecule has 3 heterocycles. The van der Waals surface area contributed by atoms with Crippen molar-refractivity contribution in [2.45, 2.75) is 6.54 Å². The standard InChI is InChI=1S/C18H17FN4O3S/c19-15-10-13(23(24)25)3-4-17(15)22-7-5-21(6-8-22)12-14-11-16(20-26-14)18-2-1-9-27-18/h1-4,9-11H,5-8,12H2. The Kier molecular flexibility index (Phi) is 4.87. The molecule has 0 spiro atoms. The molecule has 9 heteroatoms. The van der Waals surface area contributed by atoms with Gasteiger partial charge in [0.05, 0.1) is 28.1 Å². The third-order valence-electron chi connectivity index (χ3n) is 4.57. The van der Waals surface area contributed by atoms with Crippen molar-refractivity contribution >= 4 is 22.7 Å². The van der Waals surface area contributed by atoms with Crippen LogP contribution in [-0.4, -0.2) is 41.2 Å². The number of rotatable bonds is 5. The lowest BCUT2D eigenvalue weighted by atomic mass is 10.2. The number of hydrogen-bond acceptors (Lipinski definition) is 7. The van der Waals surface area contributed by atoms with E-state index in [1.807, 2.05) is 28.5 Å². The maximum atomic E-state index is 14.2. The highest BCUT2D eigenvalue weighted by Crippen LogP contribution is 2.27. The summed E-state index contributed by atoms with van der Waals surface area (Å²) in [6.45, 7) is 3.41. The van der Waals surface area contributed by atoms with Gasteiger partial charge in [-0.3, -0.25) is 15.0 Å². The molecule has 4 rings (SSSR count). The molecule has 1 fully saturated rings. The van der Waals surface area contributed by atoms with E-state index >= 15 is 0 Å². The Hall–Kier alpha value is -2.78. The van der Waals surface area contributed by atoms with Crippen LogP contribution >= 0.6 is 11.3 Å². The van der Waals surface area contributed by atoms with Gasteiger partial charge in [0.1, 0.15) is 5.69 Å². The first kappa shape index (κ1) is 17.6. The lowest BCUT2D eigenvalue weighted by Gasteiger charge is -2.35.